The molecule has 1 aromatic heterocycles. The number of hydrogen-bond acceptors (Lipinski definition) is 7. The van der Waals surface area contributed by atoms with Gasteiger partial charge >= 0.3 is 6.09 Å². The predicted molar refractivity (Wildman–Crippen MR) is 158 cm³/mol. The van der Waals surface area contributed by atoms with Crippen LogP contribution in [-0.4, -0.2) is 80.2 Å². The Hall–Kier alpha value is -3.58. The summed E-state index contributed by atoms with van der Waals surface area (Å²) in [7, 11) is -3.79. The molecule has 0 bridgehead atoms. The molecule has 5 rings (SSSR count). The molecule has 12 heteroatoms. The number of rotatable bonds is 8. The molecule has 2 amide bonds. The predicted octanol–water partition coefficient (Wildman–Crippen LogP) is 4.10. The van der Waals surface area contributed by atoms with Crippen molar-refractivity contribution in [2.24, 2.45) is 4.99 Å². The van der Waals surface area contributed by atoms with E-state index in [1.807, 2.05) is 29.7 Å². The first-order valence-corrected chi connectivity index (χ1v) is 15.8. The molecular weight excluding hydrogens is 564 g/mol. The zero-order chi connectivity index (χ0) is 29.0. The van der Waals surface area contributed by atoms with E-state index in [0.717, 1.165) is 21.0 Å². The lowest BCUT2D eigenvalue weighted by molar-refractivity contribution is 0.0933. The van der Waals surface area contributed by atoms with Crippen molar-refractivity contribution in [1.82, 2.24) is 13.8 Å². The first-order chi connectivity index (χ1) is 19.8. The van der Waals surface area contributed by atoms with Gasteiger partial charge in [-0.15, -0.1) is 0 Å². The summed E-state index contributed by atoms with van der Waals surface area (Å²) in [6, 6.07) is 18.0. The number of amides is 2. The van der Waals surface area contributed by atoms with E-state index in [2.05, 4.69) is 23.2 Å². The van der Waals surface area contributed by atoms with E-state index < -0.39 is 22.0 Å². The van der Waals surface area contributed by atoms with Crippen molar-refractivity contribution < 1.29 is 27.5 Å². The molecule has 4 aromatic rings. The Morgan fingerprint density at radius 3 is 2.37 bits per heavy atom. The smallest absolute Gasteiger partial charge is 0.409 e. The van der Waals surface area contributed by atoms with E-state index in [1.165, 1.54) is 44.8 Å². The van der Waals surface area contributed by atoms with Gasteiger partial charge in [0.1, 0.15) is 0 Å². The average molecular weight is 597 g/mol. The lowest BCUT2D eigenvalue weighted by Gasteiger charge is -2.33. The van der Waals surface area contributed by atoms with Crippen molar-refractivity contribution in [2.75, 3.05) is 46.0 Å². The normalized spacial score (nSPS) is 15.1. The SMILES string of the molecule is CCOCCn1c(=NC(=O)c2ccc(S(=O)(=O)N3CCN(C(=O)OCC)CC3)cc2)sc2c3ccccc3ccc21. The van der Waals surface area contributed by atoms with Gasteiger partial charge in [-0.05, 0) is 49.6 Å². The zero-order valence-corrected chi connectivity index (χ0v) is 24.6. The molecule has 216 valence electrons. The fraction of sp³-hybridized carbons (Fsp3) is 0.345. The molecule has 1 aliphatic rings. The molecule has 0 aliphatic carbocycles. The highest BCUT2D eigenvalue weighted by atomic mass is 32.2. The van der Waals surface area contributed by atoms with Gasteiger partial charge in [0.25, 0.3) is 5.91 Å². The van der Waals surface area contributed by atoms with Gasteiger partial charge in [-0.2, -0.15) is 9.30 Å². The van der Waals surface area contributed by atoms with Gasteiger partial charge in [0.05, 0.1) is 28.3 Å². The standard InChI is InChI=1S/C29H32N4O6S2/c1-3-38-20-19-33-25-14-11-21-7-5-6-8-24(21)26(25)40-28(33)30-27(34)22-9-12-23(13-10-22)41(36,37)32-17-15-31(16-18-32)29(35)39-4-2/h5-14H,3-4,15-20H2,1-2H3. The first kappa shape index (κ1) is 28.9. The van der Waals surface area contributed by atoms with Crippen LogP contribution in [0.5, 0.6) is 0 Å². The van der Waals surface area contributed by atoms with Crippen molar-refractivity contribution in [3.63, 3.8) is 0 Å². The van der Waals surface area contributed by atoms with Crippen LogP contribution < -0.4 is 4.80 Å². The Balaban J connectivity index is 1.39. The molecule has 1 aliphatic heterocycles. The third-order valence-corrected chi connectivity index (χ3v) is 9.98. The quantitative estimate of drug-likeness (QED) is 0.283. The fourth-order valence-electron chi connectivity index (χ4n) is 4.80. The number of ether oxygens (including phenoxy) is 2. The number of fused-ring (bicyclic) bond motifs is 3. The number of hydrogen-bond donors (Lipinski definition) is 0. The molecule has 0 N–H and O–H groups in total. The Morgan fingerprint density at radius 2 is 1.66 bits per heavy atom. The van der Waals surface area contributed by atoms with E-state index >= 15 is 0 Å². The molecule has 3 aromatic carbocycles. The van der Waals surface area contributed by atoms with Crippen molar-refractivity contribution in [2.45, 2.75) is 25.3 Å². The van der Waals surface area contributed by atoms with Crippen LogP contribution >= 0.6 is 11.3 Å². The van der Waals surface area contributed by atoms with Gasteiger partial charge in [-0.3, -0.25) is 4.79 Å². The van der Waals surface area contributed by atoms with Crippen LogP contribution in [0.3, 0.4) is 0 Å². The summed E-state index contributed by atoms with van der Waals surface area (Å²) in [6.07, 6.45) is -0.442. The van der Waals surface area contributed by atoms with E-state index in [4.69, 9.17) is 9.47 Å². The molecule has 0 radical (unpaired) electrons. The van der Waals surface area contributed by atoms with Crippen molar-refractivity contribution in [3.8, 4) is 0 Å². The highest BCUT2D eigenvalue weighted by molar-refractivity contribution is 7.89. The zero-order valence-electron chi connectivity index (χ0n) is 23.0. The molecule has 0 spiro atoms. The number of carbonyl (C=O) groups is 2. The first-order valence-electron chi connectivity index (χ1n) is 13.5. The molecule has 41 heavy (non-hydrogen) atoms. The van der Waals surface area contributed by atoms with Crippen LogP contribution in [0.15, 0.2) is 70.6 Å². The van der Waals surface area contributed by atoms with Crippen LogP contribution in [0.25, 0.3) is 21.0 Å². The maximum absolute atomic E-state index is 13.2. The lowest BCUT2D eigenvalue weighted by atomic mass is 10.1. The second-order valence-corrected chi connectivity index (χ2v) is 12.3. The Morgan fingerprint density at radius 1 is 0.927 bits per heavy atom. The van der Waals surface area contributed by atoms with Crippen LogP contribution in [0, 0.1) is 0 Å². The van der Waals surface area contributed by atoms with Crippen LogP contribution in [0.1, 0.15) is 24.2 Å². The molecule has 1 saturated heterocycles. The Bertz CT molecular complexity index is 1740. The third-order valence-electron chi connectivity index (χ3n) is 6.94. The van der Waals surface area contributed by atoms with E-state index in [9.17, 15) is 18.0 Å². The van der Waals surface area contributed by atoms with Gasteiger partial charge in [-0.1, -0.05) is 41.7 Å². The topological polar surface area (TPSA) is 111 Å². The number of aromatic nitrogens is 1. The molecule has 2 heterocycles. The van der Waals surface area contributed by atoms with Gasteiger partial charge in [-0.25, -0.2) is 13.2 Å². The largest absolute Gasteiger partial charge is 0.450 e. The number of sulfonamides is 1. The number of benzene rings is 3. The maximum atomic E-state index is 13.2. The minimum absolute atomic E-state index is 0.0822. The van der Waals surface area contributed by atoms with Crippen molar-refractivity contribution in [1.29, 1.82) is 0 Å². The van der Waals surface area contributed by atoms with E-state index in [-0.39, 0.29) is 43.2 Å². The Kier molecular flexibility index (Phi) is 8.83. The third kappa shape index (κ3) is 6.05. The van der Waals surface area contributed by atoms with Crippen LogP contribution in [0.4, 0.5) is 4.79 Å². The van der Waals surface area contributed by atoms with Crippen molar-refractivity contribution in [3.05, 3.63) is 71.0 Å². The van der Waals surface area contributed by atoms with Gasteiger partial charge in [0, 0.05) is 50.3 Å². The highest BCUT2D eigenvalue weighted by Gasteiger charge is 2.30. The van der Waals surface area contributed by atoms with E-state index in [1.54, 1.807) is 6.92 Å². The molecule has 0 atom stereocenters. The minimum Gasteiger partial charge on any atom is -0.450 e. The number of carbonyl (C=O) groups excluding carboxylic acids is 2. The van der Waals surface area contributed by atoms with E-state index in [0.29, 0.717) is 24.6 Å². The molecular formula is C29H32N4O6S2. The highest BCUT2D eigenvalue weighted by Crippen LogP contribution is 2.28. The second kappa shape index (κ2) is 12.5. The summed E-state index contributed by atoms with van der Waals surface area (Å²) >= 11 is 1.45. The van der Waals surface area contributed by atoms with Gasteiger partial charge in [0.2, 0.25) is 10.0 Å². The average Bonchev–Trinajstić information content (AvgIpc) is 3.34. The summed E-state index contributed by atoms with van der Waals surface area (Å²) in [5.74, 6) is -0.460. The number of nitrogens with zero attached hydrogens (tertiary/aromatic N) is 4. The maximum Gasteiger partial charge on any atom is 0.409 e. The van der Waals surface area contributed by atoms with Gasteiger partial charge < -0.3 is 18.9 Å². The lowest BCUT2D eigenvalue weighted by Crippen LogP contribution is -2.50. The van der Waals surface area contributed by atoms with Crippen LogP contribution in [-0.2, 0) is 26.0 Å². The van der Waals surface area contributed by atoms with Crippen LogP contribution in [0.2, 0.25) is 0 Å². The van der Waals surface area contributed by atoms with Crippen molar-refractivity contribution >= 4 is 54.3 Å². The number of thiazole rings is 1. The van der Waals surface area contributed by atoms with Gasteiger partial charge in [0.15, 0.2) is 4.80 Å². The summed E-state index contributed by atoms with van der Waals surface area (Å²) in [5, 5.41) is 2.20. The summed E-state index contributed by atoms with van der Waals surface area (Å²) < 4.78 is 41.4. The second-order valence-electron chi connectivity index (χ2n) is 9.40. The monoisotopic (exact) mass is 596 g/mol. The summed E-state index contributed by atoms with van der Waals surface area (Å²) in [6.45, 7) is 6.38. The summed E-state index contributed by atoms with van der Waals surface area (Å²) in [5.41, 5.74) is 1.26. The minimum atomic E-state index is -3.79. The molecule has 0 unspecified atom stereocenters. The molecule has 1 fully saturated rings. The number of piperazine rings is 1. The fourth-order valence-corrected chi connectivity index (χ4v) is 7.41. The summed E-state index contributed by atoms with van der Waals surface area (Å²) in [4.78, 5) is 31.8. The molecule has 10 nitrogen and oxygen atoms in total. The molecule has 0 saturated carbocycles. The Labute approximate surface area is 242 Å².